The molecular formula is C17H16BrN3O3. The molecule has 3 rings (SSSR count). The Morgan fingerprint density at radius 2 is 2.42 bits per heavy atom. The first kappa shape index (κ1) is 16.4. The number of ether oxygens (including phenoxy) is 1. The quantitative estimate of drug-likeness (QED) is 0.620. The summed E-state index contributed by atoms with van der Waals surface area (Å²) in [5.74, 6) is 0.365. The predicted octanol–water partition coefficient (Wildman–Crippen LogP) is 2.44. The largest absolute Gasteiger partial charge is 0.494 e. The molecule has 0 saturated heterocycles. The molecule has 0 fully saturated rings. The highest BCUT2D eigenvalue weighted by Crippen LogP contribution is 2.26. The number of hydrogen-bond donors (Lipinski definition) is 2. The molecule has 0 saturated carbocycles. The molecule has 2 aromatic heterocycles. The van der Waals surface area contributed by atoms with Crippen molar-refractivity contribution in [1.82, 2.24) is 9.97 Å². The Hall–Kier alpha value is -2.41. The van der Waals surface area contributed by atoms with Crippen LogP contribution in [-0.4, -0.2) is 33.2 Å². The molecule has 0 radical (unpaired) electrons. The summed E-state index contributed by atoms with van der Waals surface area (Å²) in [4.78, 5) is 23.0. The van der Waals surface area contributed by atoms with Crippen molar-refractivity contribution >= 4 is 28.2 Å². The van der Waals surface area contributed by atoms with Crippen LogP contribution in [0.15, 0.2) is 34.2 Å². The fourth-order valence-corrected chi connectivity index (χ4v) is 3.05. The molecule has 1 unspecified atom stereocenters. The van der Waals surface area contributed by atoms with Crippen molar-refractivity contribution in [2.45, 2.75) is 17.8 Å². The van der Waals surface area contributed by atoms with Crippen molar-refractivity contribution in [2.24, 2.45) is 4.99 Å². The minimum Gasteiger partial charge on any atom is -0.494 e. The number of methoxy groups -OCH3 is 1. The zero-order chi connectivity index (χ0) is 17.1. The molecule has 24 heavy (non-hydrogen) atoms. The Labute approximate surface area is 147 Å². The zero-order valence-corrected chi connectivity index (χ0v) is 14.6. The molecule has 124 valence electrons. The molecule has 1 aliphatic carbocycles. The lowest BCUT2D eigenvalue weighted by molar-refractivity contribution is 0.397. The van der Waals surface area contributed by atoms with Crippen LogP contribution in [-0.2, 0) is 13.0 Å². The van der Waals surface area contributed by atoms with Gasteiger partial charge in [-0.1, -0.05) is 28.1 Å². The van der Waals surface area contributed by atoms with E-state index in [1.165, 1.54) is 0 Å². The first-order chi connectivity index (χ1) is 11.6. The van der Waals surface area contributed by atoms with E-state index in [2.05, 4.69) is 30.9 Å². The molecule has 2 aromatic rings. The number of aromatic amines is 1. The maximum Gasteiger partial charge on any atom is 0.258 e. The van der Waals surface area contributed by atoms with Crippen molar-refractivity contribution in [3.8, 4) is 11.8 Å². The fourth-order valence-electron chi connectivity index (χ4n) is 2.57. The van der Waals surface area contributed by atoms with Gasteiger partial charge in [-0.15, -0.1) is 0 Å². The van der Waals surface area contributed by atoms with Gasteiger partial charge in [-0.2, -0.15) is 0 Å². The van der Waals surface area contributed by atoms with E-state index in [0.29, 0.717) is 30.0 Å². The molecule has 0 aromatic carbocycles. The molecular weight excluding hydrogens is 374 g/mol. The summed E-state index contributed by atoms with van der Waals surface area (Å²) >= 11 is 3.52. The number of alkyl halides is 1. The number of fused-ring (bicyclic) bond motifs is 1. The van der Waals surface area contributed by atoms with Gasteiger partial charge >= 0.3 is 0 Å². The number of aromatic nitrogens is 2. The van der Waals surface area contributed by atoms with Gasteiger partial charge in [0.25, 0.3) is 5.56 Å². The zero-order valence-electron chi connectivity index (χ0n) is 13.0. The Bertz CT molecular complexity index is 874. The van der Waals surface area contributed by atoms with E-state index in [-0.39, 0.29) is 16.3 Å². The second kappa shape index (κ2) is 7.00. The number of nitrogens with one attached hydrogen (secondary N) is 1. The van der Waals surface area contributed by atoms with Gasteiger partial charge in [0.15, 0.2) is 0 Å². The standard InChI is InChI=1S/C17H16BrN3O3/c1-24-15-6-10(4-5-20-15)8-19-9-14-13-7-11(18)2-3-12(13)16(22)21-17(14)23/h2-6,9,11H,7-8H2,1H3,(H2,21,22,23). The summed E-state index contributed by atoms with van der Waals surface area (Å²) in [6.07, 6.45) is 7.55. The van der Waals surface area contributed by atoms with Crippen molar-refractivity contribution < 1.29 is 9.84 Å². The number of H-pyrrole nitrogens is 1. The number of aromatic hydroxyl groups is 1. The molecule has 6 nitrogen and oxygen atoms in total. The third-order valence-electron chi connectivity index (χ3n) is 3.76. The van der Waals surface area contributed by atoms with Gasteiger partial charge in [-0.25, -0.2) is 4.98 Å². The Morgan fingerprint density at radius 1 is 1.58 bits per heavy atom. The van der Waals surface area contributed by atoms with Crippen LogP contribution in [0.3, 0.4) is 0 Å². The minimum absolute atomic E-state index is 0.128. The summed E-state index contributed by atoms with van der Waals surface area (Å²) in [6.45, 7) is 0.416. The van der Waals surface area contributed by atoms with Crippen molar-refractivity contribution in [3.63, 3.8) is 0 Å². The minimum atomic E-state index is -0.297. The maximum atomic E-state index is 12.0. The predicted molar refractivity (Wildman–Crippen MR) is 96.3 cm³/mol. The molecule has 0 bridgehead atoms. The van der Waals surface area contributed by atoms with E-state index < -0.39 is 0 Å². The SMILES string of the molecule is COc1cc(CN=Cc2c(O)[nH]c(=O)c3c2CC(Br)C=C3)ccn1. The van der Waals surface area contributed by atoms with Crippen LogP contribution in [0, 0.1) is 0 Å². The first-order valence-corrected chi connectivity index (χ1v) is 8.29. The summed E-state index contributed by atoms with van der Waals surface area (Å²) in [7, 11) is 1.56. The molecule has 7 heteroatoms. The van der Waals surface area contributed by atoms with Crippen LogP contribution in [0.4, 0.5) is 0 Å². The second-order valence-corrected chi connectivity index (χ2v) is 6.54. The normalized spacial score (nSPS) is 16.3. The van der Waals surface area contributed by atoms with Gasteiger partial charge in [0.1, 0.15) is 0 Å². The molecule has 2 N–H and O–H groups in total. The smallest absolute Gasteiger partial charge is 0.258 e. The van der Waals surface area contributed by atoms with Crippen LogP contribution in [0.2, 0.25) is 0 Å². The van der Waals surface area contributed by atoms with Gasteiger partial charge < -0.3 is 9.84 Å². The highest BCUT2D eigenvalue weighted by atomic mass is 79.9. The maximum absolute atomic E-state index is 12.0. The van der Waals surface area contributed by atoms with Gasteiger partial charge in [0, 0.05) is 28.9 Å². The van der Waals surface area contributed by atoms with E-state index >= 15 is 0 Å². The molecule has 0 aliphatic heterocycles. The Morgan fingerprint density at radius 3 is 3.21 bits per heavy atom. The van der Waals surface area contributed by atoms with Crippen LogP contribution in [0.1, 0.15) is 22.3 Å². The molecule has 0 amide bonds. The van der Waals surface area contributed by atoms with Crippen molar-refractivity contribution in [3.05, 3.63) is 57.0 Å². The van der Waals surface area contributed by atoms with Gasteiger partial charge in [-0.05, 0) is 23.6 Å². The van der Waals surface area contributed by atoms with E-state index in [1.807, 2.05) is 12.1 Å². The summed E-state index contributed by atoms with van der Waals surface area (Å²) in [6, 6.07) is 3.65. The monoisotopic (exact) mass is 389 g/mol. The Balaban J connectivity index is 1.90. The van der Waals surface area contributed by atoms with Crippen LogP contribution in [0.25, 0.3) is 6.08 Å². The molecule has 1 atom stereocenters. The average Bonchev–Trinajstić information content (AvgIpc) is 2.57. The van der Waals surface area contributed by atoms with E-state index in [1.54, 1.807) is 31.7 Å². The highest BCUT2D eigenvalue weighted by molar-refractivity contribution is 9.09. The van der Waals surface area contributed by atoms with Crippen LogP contribution in [0.5, 0.6) is 11.8 Å². The second-order valence-electron chi connectivity index (χ2n) is 5.36. The van der Waals surface area contributed by atoms with E-state index in [0.717, 1.165) is 11.1 Å². The third kappa shape index (κ3) is 3.41. The lowest BCUT2D eigenvalue weighted by atomic mass is 9.95. The summed E-state index contributed by atoms with van der Waals surface area (Å²) in [5, 5.41) is 10.1. The lowest BCUT2D eigenvalue weighted by Crippen LogP contribution is -2.20. The molecule has 1 aliphatic rings. The average molecular weight is 390 g/mol. The van der Waals surface area contributed by atoms with Crippen LogP contribution >= 0.6 is 15.9 Å². The number of pyridine rings is 2. The third-order valence-corrected chi connectivity index (χ3v) is 4.38. The van der Waals surface area contributed by atoms with E-state index in [9.17, 15) is 9.90 Å². The number of hydrogen-bond acceptors (Lipinski definition) is 5. The van der Waals surface area contributed by atoms with Gasteiger partial charge in [0.05, 0.1) is 19.2 Å². The van der Waals surface area contributed by atoms with Crippen molar-refractivity contribution in [1.29, 1.82) is 0 Å². The van der Waals surface area contributed by atoms with Crippen LogP contribution < -0.4 is 10.3 Å². The summed E-state index contributed by atoms with van der Waals surface area (Å²) < 4.78 is 5.08. The number of halogens is 1. The van der Waals surface area contributed by atoms with E-state index in [4.69, 9.17) is 4.74 Å². The number of nitrogens with zero attached hydrogens (tertiary/aromatic N) is 2. The number of rotatable bonds is 4. The highest BCUT2D eigenvalue weighted by Gasteiger charge is 2.20. The van der Waals surface area contributed by atoms with Gasteiger partial charge in [0.2, 0.25) is 11.8 Å². The lowest BCUT2D eigenvalue weighted by Gasteiger charge is -2.16. The topological polar surface area (TPSA) is 87.6 Å². The number of allylic oxidation sites excluding steroid dienone is 1. The first-order valence-electron chi connectivity index (χ1n) is 7.37. The molecule has 2 heterocycles. The van der Waals surface area contributed by atoms with Crippen molar-refractivity contribution in [2.75, 3.05) is 7.11 Å². The fraction of sp³-hybridized carbons (Fsp3) is 0.235. The Kier molecular flexibility index (Phi) is 4.80. The summed E-state index contributed by atoms with van der Waals surface area (Å²) in [5.41, 5.74) is 2.54. The molecule has 0 spiro atoms. The van der Waals surface area contributed by atoms with Gasteiger partial charge in [-0.3, -0.25) is 14.8 Å². The number of aliphatic imine (C=N–C) groups is 1.